The van der Waals surface area contributed by atoms with Crippen LogP contribution in [-0.4, -0.2) is 41.7 Å². The van der Waals surface area contributed by atoms with Gasteiger partial charge in [0.2, 0.25) is 5.91 Å². The number of benzene rings is 1. The fourth-order valence-corrected chi connectivity index (χ4v) is 3.98. The van der Waals surface area contributed by atoms with Gasteiger partial charge in [0.1, 0.15) is 6.54 Å². The van der Waals surface area contributed by atoms with E-state index in [0.717, 1.165) is 51.0 Å². The van der Waals surface area contributed by atoms with Crippen molar-refractivity contribution in [2.45, 2.75) is 25.8 Å². The number of fused-ring (bicyclic) bond motifs is 1. The van der Waals surface area contributed by atoms with Gasteiger partial charge in [-0.3, -0.25) is 9.59 Å². The predicted octanol–water partition coefficient (Wildman–Crippen LogP) is 2.03. The summed E-state index contributed by atoms with van der Waals surface area (Å²) in [5.74, 6) is 0.0230. The van der Waals surface area contributed by atoms with Crippen LogP contribution in [0.2, 0.25) is 0 Å². The number of hydrogen-bond donors (Lipinski definition) is 0. The lowest BCUT2D eigenvalue weighted by atomic mass is 9.82. The number of carbonyl (C=O) groups excluding carboxylic acids is 1. The SMILES string of the molecule is O=C(Cn1ccc2ccccc2c1=O)N1CCC2(CCCOC2)C1. The number of hydrogen-bond acceptors (Lipinski definition) is 3. The van der Waals surface area contributed by atoms with Crippen LogP contribution in [0.25, 0.3) is 10.8 Å². The van der Waals surface area contributed by atoms with E-state index in [-0.39, 0.29) is 23.4 Å². The van der Waals surface area contributed by atoms with Crippen LogP contribution in [0.5, 0.6) is 0 Å². The molecule has 5 nitrogen and oxygen atoms in total. The third-order valence-electron chi connectivity index (χ3n) is 5.39. The molecule has 0 N–H and O–H groups in total. The molecule has 126 valence electrons. The van der Waals surface area contributed by atoms with Gasteiger partial charge < -0.3 is 14.2 Å². The molecule has 3 heterocycles. The van der Waals surface area contributed by atoms with E-state index in [4.69, 9.17) is 4.74 Å². The van der Waals surface area contributed by atoms with Crippen molar-refractivity contribution in [3.8, 4) is 0 Å². The molecule has 1 aromatic carbocycles. The molecule has 1 amide bonds. The quantitative estimate of drug-likeness (QED) is 0.848. The minimum absolute atomic E-state index is 0.0230. The third-order valence-corrected chi connectivity index (χ3v) is 5.39. The highest BCUT2D eigenvalue weighted by molar-refractivity contribution is 5.82. The van der Waals surface area contributed by atoms with Crippen molar-refractivity contribution in [3.63, 3.8) is 0 Å². The van der Waals surface area contributed by atoms with E-state index in [2.05, 4.69) is 0 Å². The Morgan fingerprint density at radius 3 is 2.92 bits per heavy atom. The predicted molar refractivity (Wildman–Crippen MR) is 91.9 cm³/mol. The average molecular weight is 326 g/mol. The van der Waals surface area contributed by atoms with Gasteiger partial charge >= 0.3 is 0 Å². The van der Waals surface area contributed by atoms with E-state index in [1.165, 1.54) is 4.57 Å². The van der Waals surface area contributed by atoms with Crippen LogP contribution >= 0.6 is 0 Å². The highest BCUT2D eigenvalue weighted by atomic mass is 16.5. The van der Waals surface area contributed by atoms with Gasteiger partial charge in [-0.1, -0.05) is 18.2 Å². The number of likely N-dealkylation sites (tertiary alicyclic amines) is 1. The normalized spacial score (nSPS) is 23.9. The molecule has 2 aromatic rings. The smallest absolute Gasteiger partial charge is 0.258 e. The van der Waals surface area contributed by atoms with Crippen LogP contribution in [0.15, 0.2) is 41.3 Å². The molecule has 1 atom stereocenters. The first-order valence-electron chi connectivity index (χ1n) is 8.61. The first-order chi connectivity index (χ1) is 11.7. The Morgan fingerprint density at radius 1 is 1.21 bits per heavy atom. The van der Waals surface area contributed by atoms with E-state index in [1.54, 1.807) is 6.20 Å². The molecule has 0 radical (unpaired) electrons. The fraction of sp³-hybridized carbons (Fsp3) is 0.474. The van der Waals surface area contributed by atoms with Crippen LogP contribution in [0.1, 0.15) is 19.3 Å². The van der Waals surface area contributed by atoms with Gasteiger partial charge in [0.15, 0.2) is 0 Å². The van der Waals surface area contributed by atoms with Crippen molar-refractivity contribution in [2.75, 3.05) is 26.3 Å². The highest BCUT2D eigenvalue weighted by Gasteiger charge is 2.41. The monoisotopic (exact) mass is 326 g/mol. The van der Waals surface area contributed by atoms with Gasteiger partial charge in [-0.15, -0.1) is 0 Å². The summed E-state index contributed by atoms with van der Waals surface area (Å²) >= 11 is 0. The van der Waals surface area contributed by atoms with Crippen molar-refractivity contribution in [2.24, 2.45) is 5.41 Å². The lowest BCUT2D eigenvalue weighted by molar-refractivity contribution is -0.131. The van der Waals surface area contributed by atoms with Gasteiger partial charge in [-0.25, -0.2) is 0 Å². The van der Waals surface area contributed by atoms with Crippen LogP contribution in [0.4, 0.5) is 0 Å². The Balaban J connectivity index is 1.51. The Kier molecular flexibility index (Phi) is 3.88. The summed E-state index contributed by atoms with van der Waals surface area (Å²) in [6, 6.07) is 9.37. The number of carbonyl (C=O) groups is 1. The van der Waals surface area contributed by atoms with Crippen LogP contribution in [0.3, 0.4) is 0 Å². The third kappa shape index (κ3) is 2.73. The summed E-state index contributed by atoms with van der Waals surface area (Å²) in [7, 11) is 0. The maximum atomic E-state index is 12.7. The Hall–Kier alpha value is -2.14. The largest absolute Gasteiger partial charge is 0.381 e. The molecular formula is C19H22N2O3. The number of amides is 1. The summed E-state index contributed by atoms with van der Waals surface area (Å²) in [5.41, 5.74) is 0.0405. The van der Waals surface area contributed by atoms with Gasteiger partial charge in [0, 0.05) is 36.7 Å². The first-order valence-corrected chi connectivity index (χ1v) is 8.61. The van der Waals surface area contributed by atoms with Gasteiger partial charge in [-0.2, -0.15) is 0 Å². The zero-order valence-electron chi connectivity index (χ0n) is 13.7. The summed E-state index contributed by atoms with van der Waals surface area (Å²) in [5, 5.41) is 1.57. The molecule has 2 saturated heterocycles. The zero-order chi connectivity index (χ0) is 16.6. The van der Waals surface area contributed by atoms with Gasteiger partial charge in [-0.05, 0) is 36.8 Å². The molecule has 0 aliphatic carbocycles. The molecule has 2 aliphatic rings. The van der Waals surface area contributed by atoms with Crippen LogP contribution < -0.4 is 5.56 Å². The molecule has 0 saturated carbocycles. The average Bonchev–Trinajstić information content (AvgIpc) is 3.02. The zero-order valence-corrected chi connectivity index (χ0v) is 13.7. The van der Waals surface area contributed by atoms with E-state index in [0.29, 0.717) is 5.39 Å². The maximum absolute atomic E-state index is 12.7. The molecule has 2 fully saturated rings. The first kappa shape index (κ1) is 15.4. The lowest BCUT2D eigenvalue weighted by Gasteiger charge is -2.33. The summed E-state index contributed by atoms with van der Waals surface area (Å²) in [4.78, 5) is 27.1. The van der Waals surface area contributed by atoms with Crippen molar-refractivity contribution < 1.29 is 9.53 Å². The Bertz CT molecular complexity index is 821. The maximum Gasteiger partial charge on any atom is 0.258 e. The molecule has 2 aliphatic heterocycles. The molecule has 5 heteroatoms. The molecule has 4 rings (SSSR count). The minimum atomic E-state index is -0.101. The van der Waals surface area contributed by atoms with Crippen molar-refractivity contribution in [1.82, 2.24) is 9.47 Å². The molecular weight excluding hydrogens is 304 g/mol. The Morgan fingerprint density at radius 2 is 2.08 bits per heavy atom. The number of ether oxygens (including phenoxy) is 1. The minimum Gasteiger partial charge on any atom is -0.381 e. The molecule has 0 bridgehead atoms. The highest BCUT2D eigenvalue weighted by Crippen LogP contribution is 2.38. The summed E-state index contributed by atoms with van der Waals surface area (Å²) < 4.78 is 7.15. The molecule has 24 heavy (non-hydrogen) atoms. The second-order valence-corrected chi connectivity index (χ2v) is 7.06. The molecule has 1 spiro atoms. The second kappa shape index (κ2) is 6.06. The number of nitrogens with zero attached hydrogens (tertiary/aromatic N) is 2. The topological polar surface area (TPSA) is 51.5 Å². The van der Waals surface area contributed by atoms with Crippen molar-refractivity contribution in [3.05, 3.63) is 46.9 Å². The Labute approximate surface area is 140 Å². The standard InChI is InChI=1S/C19H22N2O3/c22-17(21-10-8-19(13-21)7-3-11-24-14-19)12-20-9-6-15-4-1-2-5-16(15)18(20)23/h1-2,4-6,9H,3,7-8,10-14H2. The van der Waals surface area contributed by atoms with Crippen molar-refractivity contribution in [1.29, 1.82) is 0 Å². The van der Waals surface area contributed by atoms with E-state index in [1.807, 2.05) is 35.2 Å². The van der Waals surface area contributed by atoms with Crippen LogP contribution in [0, 0.1) is 5.41 Å². The lowest BCUT2D eigenvalue weighted by Crippen LogP contribution is -2.39. The van der Waals surface area contributed by atoms with E-state index < -0.39 is 0 Å². The molecule has 1 unspecified atom stereocenters. The number of rotatable bonds is 2. The van der Waals surface area contributed by atoms with Gasteiger partial charge in [0.25, 0.3) is 5.56 Å². The second-order valence-electron chi connectivity index (χ2n) is 7.06. The van der Waals surface area contributed by atoms with E-state index >= 15 is 0 Å². The number of pyridine rings is 1. The molecule has 1 aromatic heterocycles. The fourth-order valence-electron chi connectivity index (χ4n) is 3.98. The summed E-state index contributed by atoms with van der Waals surface area (Å²) in [6.07, 6.45) is 4.93. The van der Waals surface area contributed by atoms with Crippen molar-refractivity contribution >= 4 is 16.7 Å². The van der Waals surface area contributed by atoms with E-state index in [9.17, 15) is 9.59 Å². The summed E-state index contributed by atoms with van der Waals surface area (Å²) in [6.45, 7) is 3.23. The van der Waals surface area contributed by atoms with Gasteiger partial charge in [0.05, 0.1) is 6.61 Å². The van der Waals surface area contributed by atoms with Crippen LogP contribution in [-0.2, 0) is 16.1 Å². The number of aromatic nitrogens is 1.